The van der Waals surface area contributed by atoms with Crippen LogP contribution in [0.2, 0.25) is 5.02 Å². The molecule has 1 fully saturated rings. The summed E-state index contributed by atoms with van der Waals surface area (Å²) < 4.78 is 5.38. The van der Waals surface area contributed by atoms with Gasteiger partial charge >= 0.3 is 0 Å². The molecule has 114 valence electrons. The summed E-state index contributed by atoms with van der Waals surface area (Å²) in [6.07, 6.45) is 0.877. The molecular formula is C17H16ClNO3. The second-order valence-electron chi connectivity index (χ2n) is 5.56. The van der Waals surface area contributed by atoms with Crippen molar-refractivity contribution in [2.24, 2.45) is 0 Å². The minimum absolute atomic E-state index is 0.108. The smallest absolute Gasteiger partial charge is 0.289 e. The van der Waals surface area contributed by atoms with Gasteiger partial charge in [-0.25, -0.2) is 0 Å². The average Bonchev–Trinajstić information content (AvgIpc) is 2.95. The first-order valence-corrected chi connectivity index (χ1v) is 7.57. The number of rotatable bonds is 2. The van der Waals surface area contributed by atoms with Crippen LogP contribution in [0.25, 0.3) is 0 Å². The van der Waals surface area contributed by atoms with Crippen LogP contribution in [0.15, 0.2) is 45.6 Å². The summed E-state index contributed by atoms with van der Waals surface area (Å²) in [5.41, 5.74) is 0.922. The summed E-state index contributed by atoms with van der Waals surface area (Å²) in [5, 5.41) is 0.701. The highest BCUT2D eigenvalue weighted by atomic mass is 35.5. The third-order valence-corrected chi connectivity index (χ3v) is 4.13. The summed E-state index contributed by atoms with van der Waals surface area (Å²) in [5.74, 6) is 0.586. The molecule has 0 aliphatic carbocycles. The van der Waals surface area contributed by atoms with Crippen molar-refractivity contribution in [3.63, 3.8) is 0 Å². The van der Waals surface area contributed by atoms with Crippen molar-refractivity contribution >= 4 is 17.5 Å². The van der Waals surface area contributed by atoms with Crippen molar-refractivity contribution in [1.82, 2.24) is 4.90 Å². The van der Waals surface area contributed by atoms with E-state index in [0.717, 1.165) is 12.0 Å². The van der Waals surface area contributed by atoms with Gasteiger partial charge in [0.15, 0.2) is 11.2 Å². The Morgan fingerprint density at radius 3 is 2.86 bits per heavy atom. The minimum atomic E-state index is -0.231. The molecule has 1 aliphatic rings. The molecule has 1 aromatic heterocycles. The van der Waals surface area contributed by atoms with Gasteiger partial charge in [0.25, 0.3) is 5.91 Å². The number of carbonyl (C=O) groups excluding carboxylic acids is 1. The lowest BCUT2D eigenvalue weighted by Gasteiger charge is -2.16. The highest BCUT2D eigenvalue weighted by molar-refractivity contribution is 6.30. The number of likely N-dealkylation sites (tertiary alicyclic amines) is 1. The largest absolute Gasteiger partial charge is 0.456 e. The molecule has 0 saturated carbocycles. The predicted octanol–water partition coefficient (Wildman–Crippen LogP) is 3.23. The van der Waals surface area contributed by atoms with Crippen LogP contribution in [-0.4, -0.2) is 23.9 Å². The third kappa shape index (κ3) is 3.07. The van der Waals surface area contributed by atoms with Gasteiger partial charge in [-0.1, -0.05) is 23.7 Å². The lowest BCUT2D eigenvalue weighted by atomic mass is 9.99. The summed E-state index contributed by atoms with van der Waals surface area (Å²) in [4.78, 5) is 25.7. The number of hydrogen-bond acceptors (Lipinski definition) is 3. The van der Waals surface area contributed by atoms with Gasteiger partial charge in [0, 0.05) is 36.2 Å². The van der Waals surface area contributed by atoms with Gasteiger partial charge in [0.05, 0.1) is 0 Å². The maximum atomic E-state index is 12.5. The Labute approximate surface area is 133 Å². The molecule has 4 nitrogen and oxygen atoms in total. The number of amides is 1. The first kappa shape index (κ1) is 14.9. The van der Waals surface area contributed by atoms with E-state index in [9.17, 15) is 9.59 Å². The van der Waals surface area contributed by atoms with Crippen LogP contribution >= 0.6 is 11.6 Å². The average molecular weight is 318 g/mol. The Hall–Kier alpha value is -2.07. The molecule has 0 unspecified atom stereocenters. The first-order chi connectivity index (χ1) is 10.5. The molecule has 22 heavy (non-hydrogen) atoms. The molecule has 0 N–H and O–H groups in total. The van der Waals surface area contributed by atoms with Gasteiger partial charge < -0.3 is 9.32 Å². The molecule has 0 radical (unpaired) electrons. The Morgan fingerprint density at radius 2 is 2.14 bits per heavy atom. The molecule has 1 aromatic carbocycles. The molecule has 1 atom stereocenters. The minimum Gasteiger partial charge on any atom is -0.456 e. The topological polar surface area (TPSA) is 50.5 Å². The zero-order valence-corrected chi connectivity index (χ0v) is 13.0. The van der Waals surface area contributed by atoms with E-state index in [0.29, 0.717) is 23.9 Å². The van der Waals surface area contributed by atoms with E-state index in [1.807, 2.05) is 24.3 Å². The van der Waals surface area contributed by atoms with Crippen molar-refractivity contribution in [3.05, 3.63) is 68.7 Å². The summed E-state index contributed by atoms with van der Waals surface area (Å²) in [6.45, 7) is 2.92. The fraction of sp³-hybridized carbons (Fsp3) is 0.294. The summed E-state index contributed by atoms with van der Waals surface area (Å²) in [6, 6.07) is 10.3. The molecule has 2 aromatic rings. The highest BCUT2D eigenvalue weighted by Crippen LogP contribution is 2.29. The lowest BCUT2D eigenvalue weighted by Crippen LogP contribution is -2.29. The molecule has 1 saturated heterocycles. The van der Waals surface area contributed by atoms with E-state index in [1.165, 1.54) is 12.1 Å². The fourth-order valence-electron chi connectivity index (χ4n) is 2.84. The number of aryl methyl sites for hydroxylation is 1. The quantitative estimate of drug-likeness (QED) is 0.854. The SMILES string of the molecule is Cc1cc(=O)cc(C(=O)N2CC[C@@H](c3cccc(Cl)c3)C2)o1. The normalized spacial score (nSPS) is 17.7. The van der Waals surface area contributed by atoms with Crippen LogP contribution in [0.5, 0.6) is 0 Å². The van der Waals surface area contributed by atoms with Crippen LogP contribution in [0, 0.1) is 6.92 Å². The van der Waals surface area contributed by atoms with E-state index in [1.54, 1.807) is 11.8 Å². The monoisotopic (exact) mass is 317 g/mol. The van der Waals surface area contributed by atoms with Crippen molar-refractivity contribution in [2.45, 2.75) is 19.3 Å². The fourth-order valence-corrected chi connectivity index (χ4v) is 3.04. The number of hydrogen-bond donors (Lipinski definition) is 0. The Morgan fingerprint density at radius 1 is 1.32 bits per heavy atom. The second-order valence-corrected chi connectivity index (χ2v) is 6.00. The van der Waals surface area contributed by atoms with Crippen LogP contribution in [0.4, 0.5) is 0 Å². The maximum absolute atomic E-state index is 12.5. The van der Waals surface area contributed by atoms with Crippen molar-refractivity contribution < 1.29 is 9.21 Å². The molecule has 0 spiro atoms. The van der Waals surface area contributed by atoms with Gasteiger partial charge in [-0.05, 0) is 31.0 Å². The Balaban J connectivity index is 1.77. The molecule has 0 bridgehead atoms. The van der Waals surface area contributed by atoms with Crippen LogP contribution in [-0.2, 0) is 0 Å². The van der Waals surface area contributed by atoms with Gasteiger partial charge in [-0.3, -0.25) is 9.59 Å². The van der Waals surface area contributed by atoms with E-state index in [2.05, 4.69) is 0 Å². The van der Waals surface area contributed by atoms with E-state index >= 15 is 0 Å². The number of benzene rings is 1. The number of carbonyl (C=O) groups is 1. The van der Waals surface area contributed by atoms with Gasteiger partial charge in [-0.15, -0.1) is 0 Å². The van der Waals surface area contributed by atoms with Gasteiger partial charge in [0.1, 0.15) is 5.76 Å². The predicted molar refractivity (Wildman–Crippen MR) is 84.4 cm³/mol. The molecule has 3 rings (SSSR count). The third-order valence-electron chi connectivity index (χ3n) is 3.90. The summed E-state index contributed by atoms with van der Waals surface area (Å²) in [7, 11) is 0. The zero-order valence-electron chi connectivity index (χ0n) is 12.2. The van der Waals surface area contributed by atoms with Crippen LogP contribution in [0.3, 0.4) is 0 Å². The van der Waals surface area contributed by atoms with E-state index < -0.39 is 0 Å². The van der Waals surface area contributed by atoms with Crippen LogP contribution < -0.4 is 5.43 Å². The molecule has 1 aliphatic heterocycles. The molecule has 1 amide bonds. The Kier molecular flexibility index (Phi) is 4.03. The van der Waals surface area contributed by atoms with Gasteiger partial charge in [0.2, 0.25) is 0 Å². The number of halogens is 1. The van der Waals surface area contributed by atoms with Gasteiger partial charge in [-0.2, -0.15) is 0 Å². The van der Waals surface area contributed by atoms with E-state index in [-0.39, 0.29) is 23.0 Å². The standard InChI is InChI=1S/C17H16ClNO3/c1-11-7-15(20)9-16(22-11)17(21)19-6-5-13(10-19)12-3-2-4-14(18)8-12/h2-4,7-9,13H,5-6,10H2,1H3/t13-/m1/s1. The number of nitrogens with zero attached hydrogens (tertiary/aromatic N) is 1. The first-order valence-electron chi connectivity index (χ1n) is 7.19. The lowest BCUT2D eigenvalue weighted by molar-refractivity contribution is 0.0754. The zero-order chi connectivity index (χ0) is 15.7. The Bertz CT molecular complexity index is 768. The molecule has 5 heteroatoms. The van der Waals surface area contributed by atoms with Crippen LogP contribution in [0.1, 0.15) is 34.2 Å². The van der Waals surface area contributed by atoms with E-state index in [4.69, 9.17) is 16.0 Å². The van der Waals surface area contributed by atoms with Crippen molar-refractivity contribution in [2.75, 3.05) is 13.1 Å². The molecular weight excluding hydrogens is 302 g/mol. The van der Waals surface area contributed by atoms with Crippen molar-refractivity contribution in [3.8, 4) is 0 Å². The summed E-state index contributed by atoms with van der Waals surface area (Å²) >= 11 is 6.02. The molecule has 2 heterocycles. The van der Waals surface area contributed by atoms with Crippen molar-refractivity contribution in [1.29, 1.82) is 0 Å². The highest BCUT2D eigenvalue weighted by Gasteiger charge is 2.29. The maximum Gasteiger partial charge on any atom is 0.289 e. The second kappa shape index (κ2) is 5.97.